The number of amides is 2. The lowest BCUT2D eigenvalue weighted by Crippen LogP contribution is -2.37. The second-order valence-corrected chi connectivity index (χ2v) is 5.35. The standard InChI is InChI=1S/C17H23N3O3/c1-3-4-8-20(9-10-21)17(22)19-15-7-5-6-14(11-15)16-18-12-13(2)23-16/h5-7,11-12,21H,3-4,8-10H2,1-2H3,(H,19,22). The van der Waals surface area contributed by atoms with Crippen LogP contribution in [-0.2, 0) is 0 Å². The number of unbranched alkanes of at least 4 members (excludes halogenated alkanes) is 1. The first-order valence-corrected chi connectivity index (χ1v) is 7.83. The van der Waals surface area contributed by atoms with Crippen LogP contribution in [0.3, 0.4) is 0 Å². The van der Waals surface area contributed by atoms with Crippen LogP contribution in [0, 0.1) is 6.92 Å². The van der Waals surface area contributed by atoms with Crippen molar-refractivity contribution in [3.05, 3.63) is 36.2 Å². The minimum absolute atomic E-state index is 0.0488. The molecule has 2 N–H and O–H groups in total. The van der Waals surface area contributed by atoms with E-state index in [9.17, 15) is 4.79 Å². The number of rotatable bonds is 7. The van der Waals surface area contributed by atoms with Crippen molar-refractivity contribution in [2.24, 2.45) is 0 Å². The van der Waals surface area contributed by atoms with Crippen LogP contribution in [0.2, 0.25) is 0 Å². The molecule has 6 nitrogen and oxygen atoms in total. The summed E-state index contributed by atoms with van der Waals surface area (Å²) < 4.78 is 5.50. The predicted octanol–water partition coefficient (Wildman–Crippen LogP) is 3.28. The fourth-order valence-electron chi connectivity index (χ4n) is 2.21. The maximum Gasteiger partial charge on any atom is 0.321 e. The predicted molar refractivity (Wildman–Crippen MR) is 89.3 cm³/mol. The van der Waals surface area contributed by atoms with Crippen molar-refractivity contribution in [1.82, 2.24) is 9.88 Å². The van der Waals surface area contributed by atoms with E-state index in [1.807, 2.05) is 31.2 Å². The number of carbonyl (C=O) groups excluding carboxylic acids is 1. The van der Waals surface area contributed by atoms with Crippen molar-refractivity contribution in [1.29, 1.82) is 0 Å². The number of benzene rings is 1. The highest BCUT2D eigenvalue weighted by atomic mass is 16.4. The van der Waals surface area contributed by atoms with Crippen molar-refractivity contribution >= 4 is 11.7 Å². The Labute approximate surface area is 136 Å². The summed E-state index contributed by atoms with van der Waals surface area (Å²) in [6.45, 7) is 4.80. The number of aryl methyl sites for hydroxylation is 1. The van der Waals surface area contributed by atoms with Crippen LogP contribution in [0.1, 0.15) is 25.5 Å². The zero-order valence-corrected chi connectivity index (χ0v) is 13.6. The van der Waals surface area contributed by atoms with E-state index in [-0.39, 0.29) is 12.6 Å². The molecule has 0 spiro atoms. The number of nitrogens with one attached hydrogen (secondary N) is 1. The summed E-state index contributed by atoms with van der Waals surface area (Å²) in [5.41, 5.74) is 1.47. The second-order valence-electron chi connectivity index (χ2n) is 5.35. The van der Waals surface area contributed by atoms with E-state index in [0.717, 1.165) is 24.2 Å². The van der Waals surface area contributed by atoms with E-state index in [1.165, 1.54) is 0 Å². The molecule has 0 saturated carbocycles. The van der Waals surface area contributed by atoms with Gasteiger partial charge in [0, 0.05) is 24.3 Å². The summed E-state index contributed by atoms with van der Waals surface area (Å²) in [6, 6.07) is 7.14. The Kier molecular flexibility index (Phi) is 6.17. The topological polar surface area (TPSA) is 78.6 Å². The molecule has 0 aliphatic carbocycles. The fourth-order valence-corrected chi connectivity index (χ4v) is 2.21. The van der Waals surface area contributed by atoms with Gasteiger partial charge in [0.15, 0.2) is 0 Å². The largest absolute Gasteiger partial charge is 0.441 e. The van der Waals surface area contributed by atoms with Gasteiger partial charge in [0.25, 0.3) is 0 Å². The Hall–Kier alpha value is -2.34. The van der Waals surface area contributed by atoms with Gasteiger partial charge in [-0.15, -0.1) is 0 Å². The first kappa shape index (κ1) is 17.0. The average molecular weight is 317 g/mol. The number of anilines is 1. The molecule has 0 aliphatic rings. The molecule has 0 atom stereocenters. The molecule has 1 aromatic carbocycles. The lowest BCUT2D eigenvalue weighted by molar-refractivity contribution is 0.187. The number of hydrogen-bond donors (Lipinski definition) is 2. The maximum atomic E-state index is 12.3. The van der Waals surface area contributed by atoms with Crippen molar-refractivity contribution in [3.8, 4) is 11.5 Å². The van der Waals surface area contributed by atoms with E-state index in [4.69, 9.17) is 9.52 Å². The molecule has 124 valence electrons. The Bertz CT molecular complexity index is 640. The van der Waals surface area contributed by atoms with E-state index >= 15 is 0 Å². The molecule has 0 bridgehead atoms. The van der Waals surface area contributed by atoms with Gasteiger partial charge >= 0.3 is 6.03 Å². The Morgan fingerprint density at radius 2 is 2.22 bits per heavy atom. The molecule has 2 rings (SSSR count). The quantitative estimate of drug-likeness (QED) is 0.821. The summed E-state index contributed by atoms with van der Waals surface area (Å²) in [7, 11) is 0. The second kappa shape index (κ2) is 8.33. The van der Waals surface area contributed by atoms with Crippen LogP contribution in [0.15, 0.2) is 34.9 Å². The Morgan fingerprint density at radius 3 is 2.87 bits per heavy atom. The zero-order chi connectivity index (χ0) is 16.7. The molecule has 6 heteroatoms. The zero-order valence-electron chi connectivity index (χ0n) is 13.6. The number of hydrogen-bond acceptors (Lipinski definition) is 4. The SMILES string of the molecule is CCCCN(CCO)C(=O)Nc1cccc(-c2ncc(C)o2)c1. The van der Waals surface area contributed by atoms with Gasteiger partial charge in [-0.25, -0.2) is 9.78 Å². The summed E-state index contributed by atoms with van der Waals surface area (Å²) in [5, 5.41) is 12.0. The number of aliphatic hydroxyl groups is 1. The normalized spacial score (nSPS) is 10.6. The first-order chi connectivity index (χ1) is 11.1. The smallest absolute Gasteiger partial charge is 0.321 e. The lowest BCUT2D eigenvalue weighted by atomic mass is 10.2. The van der Waals surface area contributed by atoms with Gasteiger partial charge in [-0.05, 0) is 31.5 Å². The number of oxazole rings is 1. The first-order valence-electron chi connectivity index (χ1n) is 7.83. The van der Waals surface area contributed by atoms with Gasteiger partial charge in [0.05, 0.1) is 12.8 Å². The van der Waals surface area contributed by atoms with Gasteiger partial charge < -0.3 is 19.7 Å². The molecular formula is C17H23N3O3. The molecule has 23 heavy (non-hydrogen) atoms. The third-order valence-electron chi connectivity index (χ3n) is 3.42. The van der Waals surface area contributed by atoms with Crippen LogP contribution in [-0.4, -0.2) is 40.7 Å². The van der Waals surface area contributed by atoms with Gasteiger partial charge in [-0.3, -0.25) is 0 Å². The van der Waals surface area contributed by atoms with E-state index in [1.54, 1.807) is 11.1 Å². The van der Waals surface area contributed by atoms with Crippen molar-refractivity contribution in [3.63, 3.8) is 0 Å². The summed E-state index contributed by atoms with van der Waals surface area (Å²) in [5.74, 6) is 1.26. The third kappa shape index (κ3) is 4.82. The van der Waals surface area contributed by atoms with Crippen LogP contribution >= 0.6 is 0 Å². The molecule has 1 aromatic heterocycles. The minimum Gasteiger partial charge on any atom is -0.441 e. The summed E-state index contributed by atoms with van der Waals surface area (Å²) >= 11 is 0. The molecule has 0 radical (unpaired) electrons. The van der Waals surface area contributed by atoms with Crippen molar-refractivity contribution in [2.75, 3.05) is 25.0 Å². The average Bonchev–Trinajstić information content (AvgIpc) is 2.98. The van der Waals surface area contributed by atoms with Crippen LogP contribution < -0.4 is 5.32 Å². The number of carbonyl (C=O) groups is 1. The van der Waals surface area contributed by atoms with Crippen LogP contribution in [0.5, 0.6) is 0 Å². The molecule has 0 aliphatic heterocycles. The monoisotopic (exact) mass is 317 g/mol. The maximum absolute atomic E-state index is 12.3. The molecule has 2 amide bonds. The summed E-state index contributed by atoms with van der Waals surface area (Å²) in [6.07, 6.45) is 3.56. The van der Waals surface area contributed by atoms with E-state index in [0.29, 0.717) is 24.7 Å². The van der Waals surface area contributed by atoms with Gasteiger partial charge in [-0.2, -0.15) is 0 Å². The number of aromatic nitrogens is 1. The molecule has 0 unspecified atom stereocenters. The lowest BCUT2D eigenvalue weighted by Gasteiger charge is -2.22. The molecule has 0 fully saturated rings. The number of aliphatic hydroxyl groups excluding tert-OH is 1. The Balaban J connectivity index is 2.08. The van der Waals surface area contributed by atoms with Gasteiger partial charge in [0.1, 0.15) is 5.76 Å². The van der Waals surface area contributed by atoms with Gasteiger partial charge in [0.2, 0.25) is 5.89 Å². The number of nitrogens with zero attached hydrogens (tertiary/aromatic N) is 2. The highest BCUT2D eigenvalue weighted by Gasteiger charge is 2.13. The van der Waals surface area contributed by atoms with Crippen LogP contribution in [0.25, 0.3) is 11.5 Å². The van der Waals surface area contributed by atoms with Gasteiger partial charge in [-0.1, -0.05) is 19.4 Å². The summed E-state index contributed by atoms with van der Waals surface area (Å²) in [4.78, 5) is 18.1. The third-order valence-corrected chi connectivity index (χ3v) is 3.42. The molecular weight excluding hydrogens is 294 g/mol. The van der Waals surface area contributed by atoms with E-state index in [2.05, 4.69) is 17.2 Å². The minimum atomic E-state index is -0.215. The van der Waals surface area contributed by atoms with Crippen molar-refractivity contribution < 1.29 is 14.3 Å². The Morgan fingerprint density at radius 1 is 1.39 bits per heavy atom. The van der Waals surface area contributed by atoms with E-state index < -0.39 is 0 Å². The number of urea groups is 1. The highest BCUT2D eigenvalue weighted by molar-refractivity contribution is 5.90. The molecule has 2 aromatic rings. The fraction of sp³-hybridized carbons (Fsp3) is 0.412. The van der Waals surface area contributed by atoms with Crippen molar-refractivity contribution in [2.45, 2.75) is 26.7 Å². The van der Waals surface area contributed by atoms with Crippen LogP contribution in [0.4, 0.5) is 10.5 Å². The highest BCUT2D eigenvalue weighted by Crippen LogP contribution is 2.22. The molecule has 1 heterocycles. The molecule has 0 saturated heterocycles.